The first kappa shape index (κ1) is 9.93. The Hall–Kier alpha value is -2.33. The zero-order valence-corrected chi connectivity index (χ0v) is 15.9. The van der Waals surface area contributed by atoms with Crippen LogP contribution in [0, 0.1) is 11.8 Å². The standard InChI is InChI=1S/C24H29NO3/c1-27-22-14-19-13-20(24(26)21(19)15-23(22)28-2)12-17-8-10-25(11-9-17)16-18-6-4-3-5-7-18/h3-7,14-15,17,20H,8-13,16H2,1-2H3/i3D,4D,5D,6D,7D,12D2,14D,15D,16D2. The summed E-state index contributed by atoms with van der Waals surface area (Å²) in [6.45, 7) is -2.34. The highest BCUT2D eigenvalue weighted by Crippen LogP contribution is 2.39. The highest BCUT2D eigenvalue weighted by Gasteiger charge is 2.34. The molecule has 0 bridgehead atoms. The van der Waals surface area contributed by atoms with Gasteiger partial charge in [-0.3, -0.25) is 9.69 Å². The Bertz CT molecular complexity index is 1310. The van der Waals surface area contributed by atoms with Crippen LogP contribution in [0.15, 0.2) is 42.3 Å². The van der Waals surface area contributed by atoms with E-state index in [0.717, 1.165) is 0 Å². The predicted molar refractivity (Wildman–Crippen MR) is 110 cm³/mol. The Morgan fingerprint density at radius 2 is 1.79 bits per heavy atom. The zero-order chi connectivity index (χ0) is 29.2. The van der Waals surface area contributed by atoms with Gasteiger partial charge in [-0.1, -0.05) is 30.2 Å². The average Bonchev–Trinajstić information content (AvgIpc) is 3.26. The number of nitrogens with zero attached hydrogens (tertiary/aromatic N) is 1. The number of rotatable bonds is 6. The van der Waals surface area contributed by atoms with Crippen molar-refractivity contribution in [3.8, 4) is 11.5 Å². The number of ketones is 1. The van der Waals surface area contributed by atoms with Gasteiger partial charge in [-0.25, -0.2) is 0 Å². The van der Waals surface area contributed by atoms with Gasteiger partial charge >= 0.3 is 0 Å². The van der Waals surface area contributed by atoms with Gasteiger partial charge in [0.2, 0.25) is 0 Å². The molecule has 0 radical (unpaired) electrons. The summed E-state index contributed by atoms with van der Waals surface area (Å²) >= 11 is 0. The van der Waals surface area contributed by atoms with Crippen molar-refractivity contribution in [1.82, 2.24) is 4.90 Å². The lowest BCUT2D eigenvalue weighted by Crippen LogP contribution is -2.34. The minimum Gasteiger partial charge on any atom is -0.493 e. The maximum Gasteiger partial charge on any atom is 0.166 e. The fourth-order valence-corrected chi connectivity index (χ4v) is 3.67. The van der Waals surface area contributed by atoms with Gasteiger partial charge in [0, 0.05) is 23.5 Å². The number of hydrogen-bond acceptors (Lipinski definition) is 4. The van der Waals surface area contributed by atoms with Gasteiger partial charge in [0.25, 0.3) is 0 Å². The second-order valence-electron chi connectivity index (χ2n) is 6.83. The van der Waals surface area contributed by atoms with Crippen molar-refractivity contribution in [2.45, 2.75) is 32.1 Å². The van der Waals surface area contributed by atoms with Gasteiger partial charge in [0.05, 0.1) is 23.8 Å². The van der Waals surface area contributed by atoms with Crippen molar-refractivity contribution < 1.29 is 29.3 Å². The molecule has 2 aromatic carbocycles. The van der Waals surface area contributed by atoms with E-state index in [0.29, 0.717) is 0 Å². The van der Waals surface area contributed by atoms with Gasteiger partial charge in [-0.05, 0) is 67.9 Å². The minimum absolute atomic E-state index is 0.0125. The van der Waals surface area contributed by atoms with E-state index >= 15 is 0 Å². The molecule has 2 aromatic rings. The smallest absolute Gasteiger partial charge is 0.166 e. The molecule has 1 aliphatic heterocycles. The fourth-order valence-electron chi connectivity index (χ4n) is 3.67. The topological polar surface area (TPSA) is 38.8 Å². The second kappa shape index (κ2) is 8.36. The molecule has 4 heteroatoms. The van der Waals surface area contributed by atoms with Gasteiger partial charge < -0.3 is 9.47 Å². The summed E-state index contributed by atoms with van der Waals surface area (Å²) < 4.78 is 102. The van der Waals surface area contributed by atoms with E-state index < -0.39 is 66.3 Å². The lowest BCUT2D eigenvalue weighted by molar-refractivity contribution is 0.0895. The van der Waals surface area contributed by atoms with Crippen molar-refractivity contribution in [3.63, 3.8) is 0 Å². The van der Waals surface area contributed by atoms with Crippen molar-refractivity contribution in [2.75, 3.05) is 27.3 Å². The van der Waals surface area contributed by atoms with E-state index in [2.05, 4.69) is 0 Å². The third kappa shape index (κ3) is 3.93. The SMILES string of the molecule is [2H]c1c([2H])c([2H])c(C([2H])([2H])N2CCC(C([2H])([2H])C3Cc4c([2H])c(OC)c(OC)c([2H])c4C3=O)CC2)c([2H])c1[2H]. The molecule has 1 aliphatic carbocycles. The van der Waals surface area contributed by atoms with Crippen LogP contribution in [0.3, 0.4) is 0 Å². The van der Waals surface area contributed by atoms with E-state index in [1.54, 1.807) is 0 Å². The number of carbonyl (C=O) groups excluding carboxylic acids is 1. The molecule has 1 atom stereocenters. The van der Waals surface area contributed by atoms with Gasteiger partial charge in [0.15, 0.2) is 17.3 Å². The molecule has 1 unspecified atom stereocenters. The van der Waals surface area contributed by atoms with E-state index in [1.807, 2.05) is 0 Å². The van der Waals surface area contributed by atoms with Gasteiger partial charge in [-0.15, -0.1) is 0 Å². The van der Waals surface area contributed by atoms with Crippen LogP contribution < -0.4 is 9.47 Å². The molecule has 0 amide bonds. The summed E-state index contributed by atoms with van der Waals surface area (Å²) in [5, 5.41) is 0. The largest absolute Gasteiger partial charge is 0.493 e. The predicted octanol–water partition coefficient (Wildman–Crippen LogP) is 4.36. The molecule has 4 nitrogen and oxygen atoms in total. The molecule has 0 N–H and O–H groups in total. The number of Topliss-reactive ketones (excluding diaryl/α,β-unsaturated/α-hetero) is 1. The highest BCUT2D eigenvalue weighted by atomic mass is 16.5. The lowest BCUT2D eigenvalue weighted by atomic mass is 9.85. The van der Waals surface area contributed by atoms with Crippen LogP contribution in [0.1, 0.15) is 55.8 Å². The molecule has 1 fully saturated rings. The molecule has 0 saturated carbocycles. The molecule has 1 saturated heterocycles. The molecule has 28 heavy (non-hydrogen) atoms. The molecule has 0 spiro atoms. The van der Waals surface area contributed by atoms with Crippen LogP contribution in [0.25, 0.3) is 0 Å². The third-order valence-corrected chi connectivity index (χ3v) is 5.09. The van der Waals surface area contributed by atoms with E-state index in [1.165, 1.54) is 19.1 Å². The molecule has 1 heterocycles. The Balaban J connectivity index is 1.58. The van der Waals surface area contributed by atoms with Gasteiger partial charge in [-0.2, -0.15) is 0 Å². The zero-order valence-electron chi connectivity index (χ0n) is 26.9. The average molecular weight is 391 g/mol. The van der Waals surface area contributed by atoms with Crippen molar-refractivity contribution in [3.05, 3.63) is 59.0 Å². The Morgan fingerprint density at radius 3 is 2.46 bits per heavy atom. The van der Waals surface area contributed by atoms with E-state index in [4.69, 9.17) is 24.6 Å². The number of likely N-dealkylation sites (tertiary alicyclic amines) is 1. The van der Waals surface area contributed by atoms with Crippen LogP contribution in [0.2, 0.25) is 0 Å². The number of carbonyl (C=O) groups is 1. The maximum atomic E-state index is 13.4. The monoisotopic (exact) mass is 390 g/mol. The minimum atomic E-state index is -2.40. The number of ether oxygens (including phenoxy) is 2. The Kier molecular flexibility index (Phi) is 2.96. The van der Waals surface area contributed by atoms with Gasteiger partial charge in [0.1, 0.15) is 0 Å². The molecule has 4 rings (SSSR count). The highest BCUT2D eigenvalue weighted by molar-refractivity contribution is 6.02. The first-order chi connectivity index (χ1) is 18.1. The molecule has 2 aliphatic rings. The number of piperidine rings is 1. The van der Waals surface area contributed by atoms with Crippen LogP contribution in [0.5, 0.6) is 11.5 Å². The number of benzene rings is 2. The van der Waals surface area contributed by atoms with Crippen molar-refractivity contribution >= 4 is 5.78 Å². The van der Waals surface area contributed by atoms with Crippen LogP contribution in [0.4, 0.5) is 0 Å². The molecular weight excluding hydrogens is 350 g/mol. The van der Waals surface area contributed by atoms with E-state index in [-0.39, 0.29) is 67.1 Å². The summed E-state index contributed by atoms with van der Waals surface area (Å²) in [6.07, 6.45) is -1.81. The maximum absolute atomic E-state index is 13.4. The van der Waals surface area contributed by atoms with Crippen molar-refractivity contribution in [2.24, 2.45) is 11.8 Å². The summed E-state index contributed by atoms with van der Waals surface area (Å²) in [5.74, 6) is -2.42. The number of methoxy groups -OCH3 is 2. The molecule has 148 valence electrons. The normalized spacial score (nSPS) is 26.9. The first-order valence-corrected chi connectivity index (χ1v) is 9.23. The Morgan fingerprint density at radius 1 is 1.11 bits per heavy atom. The summed E-state index contributed by atoms with van der Waals surface area (Å²) in [7, 11) is 2.63. The van der Waals surface area contributed by atoms with Crippen LogP contribution in [-0.4, -0.2) is 38.0 Å². The first-order valence-electron chi connectivity index (χ1n) is 14.7. The van der Waals surface area contributed by atoms with Crippen LogP contribution in [-0.2, 0) is 12.9 Å². The quantitative estimate of drug-likeness (QED) is 0.735. The lowest BCUT2D eigenvalue weighted by Gasteiger charge is -2.32. The Labute approximate surface area is 182 Å². The summed E-state index contributed by atoms with van der Waals surface area (Å²) in [4.78, 5) is 14.7. The van der Waals surface area contributed by atoms with E-state index in [9.17, 15) is 4.79 Å². The third-order valence-electron chi connectivity index (χ3n) is 5.09. The number of hydrogen-bond donors (Lipinski definition) is 0. The van der Waals surface area contributed by atoms with Crippen LogP contribution >= 0.6 is 0 Å². The summed E-state index contributed by atoms with van der Waals surface area (Å²) in [6, 6.07) is -3.48. The van der Waals surface area contributed by atoms with Crippen molar-refractivity contribution in [1.29, 1.82) is 0 Å². The molecule has 0 aromatic heterocycles. The number of fused-ring (bicyclic) bond motifs is 1. The summed E-state index contributed by atoms with van der Waals surface area (Å²) in [5.41, 5.74) is -0.266. The fraction of sp³-hybridized carbons (Fsp3) is 0.458. The second-order valence-corrected chi connectivity index (χ2v) is 6.83. The molecular formula is C24H29NO3.